The van der Waals surface area contributed by atoms with Crippen molar-refractivity contribution in [1.29, 1.82) is 0 Å². The lowest BCUT2D eigenvalue weighted by Crippen LogP contribution is -2.51. The number of nitrogens with zero attached hydrogens (tertiary/aromatic N) is 1. The molecule has 2 aliphatic rings. The van der Waals surface area contributed by atoms with Gasteiger partial charge in [-0.05, 0) is 45.4 Å². The fourth-order valence-corrected chi connectivity index (χ4v) is 3.11. The standard InChI is InChI=1S/C14H26N2O2/c1-11(15)13-6-2-3-9-16(13)14(17)8-7-12-5-4-10-18-12/h11-13H,2-10,15H2,1H3. The van der Waals surface area contributed by atoms with Crippen molar-refractivity contribution < 1.29 is 9.53 Å². The Morgan fingerprint density at radius 1 is 1.39 bits per heavy atom. The van der Waals surface area contributed by atoms with Crippen molar-refractivity contribution in [2.75, 3.05) is 13.2 Å². The average Bonchev–Trinajstić information content (AvgIpc) is 2.89. The summed E-state index contributed by atoms with van der Waals surface area (Å²) in [7, 11) is 0. The zero-order chi connectivity index (χ0) is 13.0. The van der Waals surface area contributed by atoms with Gasteiger partial charge in [0.1, 0.15) is 0 Å². The summed E-state index contributed by atoms with van der Waals surface area (Å²) in [5.74, 6) is 0.271. The summed E-state index contributed by atoms with van der Waals surface area (Å²) >= 11 is 0. The molecule has 0 spiro atoms. The minimum atomic E-state index is 0.0805. The maximum atomic E-state index is 12.3. The molecule has 3 atom stereocenters. The van der Waals surface area contributed by atoms with Crippen LogP contribution in [0, 0.1) is 0 Å². The van der Waals surface area contributed by atoms with Crippen molar-refractivity contribution >= 4 is 5.91 Å². The monoisotopic (exact) mass is 254 g/mol. The normalized spacial score (nSPS) is 30.4. The van der Waals surface area contributed by atoms with Gasteiger partial charge < -0.3 is 15.4 Å². The number of ether oxygens (including phenoxy) is 1. The van der Waals surface area contributed by atoms with E-state index in [2.05, 4.69) is 0 Å². The van der Waals surface area contributed by atoms with E-state index in [1.807, 2.05) is 11.8 Å². The van der Waals surface area contributed by atoms with Crippen LogP contribution in [0.4, 0.5) is 0 Å². The summed E-state index contributed by atoms with van der Waals surface area (Å²) in [6.45, 7) is 3.76. The van der Waals surface area contributed by atoms with Crippen LogP contribution >= 0.6 is 0 Å². The van der Waals surface area contributed by atoms with Crippen molar-refractivity contribution in [3.8, 4) is 0 Å². The molecule has 3 unspecified atom stereocenters. The second-order valence-corrected chi connectivity index (χ2v) is 5.68. The van der Waals surface area contributed by atoms with E-state index < -0.39 is 0 Å². The molecule has 2 rings (SSSR count). The molecule has 2 N–H and O–H groups in total. The van der Waals surface area contributed by atoms with Gasteiger partial charge >= 0.3 is 0 Å². The maximum absolute atomic E-state index is 12.3. The summed E-state index contributed by atoms with van der Waals surface area (Å²) in [5, 5.41) is 0. The molecule has 0 aromatic rings. The van der Waals surface area contributed by atoms with E-state index in [0.29, 0.717) is 12.5 Å². The highest BCUT2D eigenvalue weighted by atomic mass is 16.5. The third kappa shape index (κ3) is 3.45. The molecule has 4 heteroatoms. The fraction of sp³-hybridized carbons (Fsp3) is 0.929. The van der Waals surface area contributed by atoms with E-state index in [1.54, 1.807) is 0 Å². The lowest BCUT2D eigenvalue weighted by atomic mass is 9.96. The van der Waals surface area contributed by atoms with Gasteiger partial charge in [-0.2, -0.15) is 0 Å². The largest absolute Gasteiger partial charge is 0.378 e. The number of piperidine rings is 1. The molecule has 4 nitrogen and oxygen atoms in total. The molecule has 0 aliphatic carbocycles. The number of rotatable bonds is 4. The van der Waals surface area contributed by atoms with Crippen LogP contribution in [0.15, 0.2) is 0 Å². The number of amides is 1. The molecule has 0 saturated carbocycles. The van der Waals surface area contributed by atoms with E-state index in [1.165, 1.54) is 6.42 Å². The highest BCUT2D eigenvalue weighted by Gasteiger charge is 2.29. The topological polar surface area (TPSA) is 55.6 Å². The van der Waals surface area contributed by atoms with Crippen LogP contribution in [0.25, 0.3) is 0 Å². The van der Waals surface area contributed by atoms with Gasteiger partial charge in [0.15, 0.2) is 0 Å². The van der Waals surface area contributed by atoms with Gasteiger partial charge in [0.2, 0.25) is 5.91 Å². The van der Waals surface area contributed by atoms with Crippen LogP contribution in [-0.4, -0.2) is 42.1 Å². The summed E-state index contributed by atoms with van der Waals surface area (Å²) < 4.78 is 5.57. The first-order valence-corrected chi connectivity index (χ1v) is 7.35. The Balaban J connectivity index is 1.81. The van der Waals surface area contributed by atoms with Crippen LogP contribution in [0.5, 0.6) is 0 Å². The number of carbonyl (C=O) groups is 1. The predicted molar refractivity (Wildman–Crippen MR) is 71.2 cm³/mol. The molecule has 2 heterocycles. The minimum absolute atomic E-state index is 0.0805. The van der Waals surface area contributed by atoms with Crippen molar-refractivity contribution in [3.63, 3.8) is 0 Å². The quantitative estimate of drug-likeness (QED) is 0.830. The SMILES string of the molecule is CC(N)C1CCCCN1C(=O)CCC1CCCO1. The molecule has 0 aromatic heterocycles. The molecule has 2 saturated heterocycles. The van der Waals surface area contributed by atoms with Crippen molar-refractivity contribution in [2.24, 2.45) is 5.73 Å². The Morgan fingerprint density at radius 2 is 2.22 bits per heavy atom. The summed E-state index contributed by atoms with van der Waals surface area (Å²) in [6.07, 6.45) is 7.44. The molecule has 2 fully saturated rings. The smallest absolute Gasteiger partial charge is 0.222 e. The van der Waals surface area contributed by atoms with Gasteiger partial charge in [-0.15, -0.1) is 0 Å². The highest BCUT2D eigenvalue weighted by molar-refractivity contribution is 5.76. The van der Waals surface area contributed by atoms with Crippen LogP contribution in [-0.2, 0) is 9.53 Å². The summed E-state index contributed by atoms with van der Waals surface area (Å²) in [4.78, 5) is 14.3. The number of carbonyl (C=O) groups excluding carboxylic acids is 1. The zero-order valence-corrected chi connectivity index (χ0v) is 11.4. The summed E-state index contributed by atoms with van der Waals surface area (Å²) in [5.41, 5.74) is 6.00. The molecule has 0 radical (unpaired) electrons. The van der Waals surface area contributed by atoms with Crippen molar-refractivity contribution in [3.05, 3.63) is 0 Å². The summed E-state index contributed by atoms with van der Waals surface area (Å²) in [6, 6.07) is 0.327. The van der Waals surface area contributed by atoms with Crippen molar-refractivity contribution in [1.82, 2.24) is 4.90 Å². The van der Waals surface area contributed by atoms with Crippen LogP contribution in [0.1, 0.15) is 51.9 Å². The van der Waals surface area contributed by atoms with E-state index in [4.69, 9.17) is 10.5 Å². The molecule has 0 bridgehead atoms. The van der Waals surface area contributed by atoms with Gasteiger partial charge in [0, 0.05) is 31.7 Å². The maximum Gasteiger partial charge on any atom is 0.222 e. The van der Waals surface area contributed by atoms with Crippen LogP contribution < -0.4 is 5.73 Å². The van der Waals surface area contributed by atoms with E-state index in [0.717, 1.165) is 45.3 Å². The van der Waals surface area contributed by atoms with Gasteiger partial charge in [0.25, 0.3) is 0 Å². The lowest BCUT2D eigenvalue weighted by Gasteiger charge is -2.38. The third-order valence-corrected chi connectivity index (χ3v) is 4.18. The molecule has 1 amide bonds. The van der Waals surface area contributed by atoms with Gasteiger partial charge in [-0.25, -0.2) is 0 Å². The second-order valence-electron chi connectivity index (χ2n) is 5.68. The predicted octanol–water partition coefficient (Wildman–Crippen LogP) is 1.67. The third-order valence-electron chi connectivity index (χ3n) is 4.18. The zero-order valence-electron chi connectivity index (χ0n) is 11.4. The number of likely N-dealkylation sites (tertiary alicyclic amines) is 1. The van der Waals surface area contributed by atoms with Gasteiger partial charge in [-0.3, -0.25) is 4.79 Å². The number of hydrogen-bond donors (Lipinski definition) is 1. The molecular formula is C14H26N2O2. The number of hydrogen-bond acceptors (Lipinski definition) is 3. The van der Waals surface area contributed by atoms with E-state index >= 15 is 0 Å². The van der Waals surface area contributed by atoms with E-state index in [9.17, 15) is 4.79 Å². The first-order valence-electron chi connectivity index (χ1n) is 7.35. The lowest BCUT2D eigenvalue weighted by molar-refractivity contribution is -0.136. The van der Waals surface area contributed by atoms with Gasteiger partial charge in [0.05, 0.1) is 6.10 Å². The first-order chi connectivity index (χ1) is 8.68. The Bertz CT molecular complexity index is 275. The Morgan fingerprint density at radius 3 is 2.89 bits per heavy atom. The number of nitrogens with two attached hydrogens (primary N) is 1. The van der Waals surface area contributed by atoms with Crippen LogP contribution in [0.3, 0.4) is 0 Å². The Hall–Kier alpha value is -0.610. The molecule has 104 valence electrons. The van der Waals surface area contributed by atoms with Gasteiger partial charge in [-0.1, -0.05) is 0 Å². The Kier molecular flexibility index (Phi) is 5.01. The molecule has 0 aromatic carbocycles. The second kappa shape index (κ2) is 6.53. The highest BCUT2D eigenvalue weighted by Crippen LogP contribution is 2.22. The first kappa shape index (κ1) is 13.8. The fourth-order valence-electron chi connectivity index (χ4n) is 3.11. The van der Waals surface area contributed by atoms with Crippen molar-refractivity contribution in [2.45, 2.75) is 70.1 Å². The molecule has 2 aliphatic heterocycles. The minimum Gasteiger partial charge on any atom is -0.378 e. The van der Waals surface area contributed by atoms with Crippen LogP contribution in [0.2, 0.25) is 0 Å². The molecule has 18 heavy (non-hydrogen) atoms. The molecular weight excluding hydrogens is 228 g/mol. The average molecular weight is 254 g/mol. The van der Waals surface area contributed by atoms with E-state index in [-0.39, 0.29) is 18.0 Å². The Labute approximate surface area is 110 Å².